The van der Waals surface area contributed by atoms with Crippen LogP contribution in [0.2, 0.25) is 0 Å². The van der Waals surface area contributed by atoms with Gasteiger partial charge in [-0.15, -0.1) is 0 Å². The van der Waals surface area contributed by atoms with E-state index in [1.807, 2.05) is 0 Å². The molecule has 1 aromatic heterocycles. The number of benzene rings is 1. The molecule has 3 unspecified atom stereocenters. The van der Waals surface area contributed by atoms with Gasteiger partial charge in [0.05, 0.1) is 18.1 Å². The van der Waals surface area contributed by atoms with Gasteiger partial charge in [-0.3, -0.25) is 18.9 Å². The Balaban J connectivity index is 1.97. The van der Waals surface area contributed by atoms with Crippen molar-refractivity contribution in [3.05, 3.63) is 63.1 Å². The average molecular weight is 484 g/mol. The summed E-state index contributed by atoms with van der Waals surface area (Å²) in [5, 5.41) is 12.8. The molecule has 0 fully saturated rings. The topological polar surface area (TPSA) is 135 Å². The lowest BCUT2D eigenvalue weighted by molar-refractivity contribution is -0.00670. The Labute approximate surface area is 187 Å². The van der Waals surface area contributed by atoms with Crippen molar-refractivity contribution < 1.29 is 37.7 Å². The summed E-state index contributed by atoms with van der Waals surface area (Å²) in [7, 11) is -2.37. The third-order valence-electron chi connectivity index (χ3n) is 5.67. The fourth-order valence-electron chi connectivity index (χ4n) is 4.04. The number of rotatable bonds is 6. The van der Waals surface area contributed by atoms with Crippen LogP contribution in [0.1, 0.15) is 33.3 Å². The van der Waals surface area contributed by atoms with E-state index in [4.69, 9.17) is 4.74 Å². The molecule has 178 valence electrons. The van der Waals surface area contributed by atoms with Gasteiger partial charge >= 0.3 is 0 Å². The fourth-order valence-corrected chi connectivity index (χ4v) is 5.61. The summed E-state index contributed by atoms with van der Waals surface area (Å²) >= 11 is 0. The summed E-state index contributed by atoms with van der Waals surface area (Å²) in [5.41, 5.74) is -3.56. The molecule has 1 aliphatic heterocycles. The minimum atomic E-state index is -3.69. The highest BCUT2D eigenvalue weighted by molar-refractivity contribution is 7.57. The first-order valence-corrected chi connectivity index (χ1v) is 12.1. The van der Waals surface area contributed by atoms with E-state index in [0.717, 1.165) is 25.0 Å². The van der Waals surface area contributed by atoms with Gasteiger partial charge in [0, 0.05) is 44.3 Å². The van der Waals surface area contributed by atoms with E-state index in [9.17, 15) is 37.7 Å². The highest BCUT2D eigenvalue weighted by atomic mass is 31.2. The van der Waals surface area contributed by atoms with Crippen LogP contribution in [0.4, 0.5) is 8.78 Å². The summed E-state index contributed by atoms with van der Waals surface area (Å²) in [4.78, 5) is 48.3. The monoisotopic (exact) mass is 484 g/mol. The van der Waals surface area contributed by atoms with Crippen molar-refractivity contribution in [2.75, 3.05) is 19.9 Å². The van der Waals surface area contributed by atoms with Crippen molar-refractivity contribution in [1.29, 1.82) is 0 Å². The van der Waals surface area contributed by atoms with Gasteiger partial charge in [0.1, 0.15) is 22.9 Å². The summed E-state index contributed by atoms with van der Waals surface area (Å²) in [6.07, 6.45) is -0.248. The van der Waals surface area contributed by atoms with Crippen molar-refractivity contribution in [3.8, 4) is 5.75 Å². The van der Waals surface area contributed by atoms with E-state index < -0.39 is 70.8 Å². The zero-order valence-corrected chi connectivity index (χ0v) is 19.0. The quantitative estimate of drug-likeness (QED) is 0.533. The second kappa shape index (κ2) is 8.81. The number of carbonyl (C=O) groups is 2. The van der Waals surface area contributed by atoms with Crippen LogP contribution >= 0.6 is 7.37 Å². The number of methoxy groups -OCH3 is 1. The molecule has 12 heteroatoms. The van der Waals surface area contributed by atoms with Crippen LogP contribution in [0, 0.1) is 17.0 Å². The molecule has 3 rings (SSSR count). The van der Waals surface area contributed by atoms with Gasteiger partial charge < -0.3 is 24.6 Å². The molecule has 1 aromatic carbocycles. The number of aromatic nitrogens is 1. The molecule has 0 saturated heterocycles. The Morgan fingerprint density at radius 3 is 2.61 bits per heavy atom. The second-order valence-corrected chi connectivity index (χ2v) is 10.7. The summed E-state index contributed by atoms with van der Waals surface area (Å²) in [6.45, 7) is 2.07. The van der Waals surface area contributed by atoms with Gasteiger partial charge in [0.25, 0.3) is 5.91 Å². The first-order chi connectivity index (χ1) is 15.3. The van der Waals surface area contributed by atoms with E-state index in [-0.39, 0.29) is 18.7 Å². The van der Waals surface area contributed by atoms with Crippen LogP contribution in [0.15, 0.2) is 29.2 Å². The Morgan fingerprint density at radius 1 is 1.36 bits per heavy atom. The van der Waals surface area contributed by atoms with Crippen LogP contribution in [0.5, 0.6) is 5.75 Å². The summed E-state index contributed by atoms with van der Waals surface area (Å²) in [5.74, 6) is -4.37. The van der Waals surface area contributed by atoms with Crippen LogP contribution < -0.4 is 10.7 Å². The van der Waals surface area contributed by atoms with Gasteiger partial charge in [-0.25, -0.2) is 8.78 Å². The van der Waals surface area contributed by atoms with Crippen LogP contribution in [-0.4, -0.2) is 52.3 Å². The maximum absolute atomic E-state index is 13.8. The molecule has 0 bridgehead atoms. The molecule has 33 heavy (non-hydrogen) atoms. The van der Waals surface area contributed by atoms with Crippen LogP contribution in [-0.2, 0) is 22.4 Å². The number of ketones is 1. The molecular weight excluding hydrogens is 461 g/mol. The highest BCUT2D eigenvalue weighted by Gasteiger charge is 2.50. The standard InChI is InChI=1S/C21H23F2N2O7P/c1-21(10-33(3,30)31)15(32-2)9-25-8-13(17(26)18(27)16(25)19(21)28)20(29)24-7-11-4-5-12(22)6-14(11)23/h4-6,8,15,27H,7,9-10H2,1-3H3,(H,24,29)(H,30,31). The normalized spacial score (nSPS) is 21.9. The lowest BCUT2D eigenvalue weighted by atomic mass is 9.77. The fraction of sp³-hybridized carbons (Fsp3) is 0.381. The lowest BCUT2D eigenvalue weighted by Crippen LogP contribution is -2.51. The van der Waals surface area contributed by atoms with E-state index in [1.54, 1.807) is 0 Å². The number of hydrogen-bond acceptors (Lipinski definition) is 6. The largest absolute Gasteiger partial charge is 0.503 e. The Bertz CT molecular complexity index is 1240. The highest BCUT2D eigenvalue weighted by Crippen LogP contribution is 2.48. The van der Waals surface area contributed by atoms with Crippen molar-refractivity contribution in [1.82, 2.24) is 9.88 Å². The number of fused-ring (bicyclic) bond motifs is 1. The summed E-state index contributed by atoms with van der Waals surface area (Å²) < 4.78 is 45.4. The molecule has 1 aliphatic rings. The number of aromatic hydroxyl groups is 1. The third-order valence-corrected chi connectivity index (χ3v) is 6.91. The smallest absolute Gasteiger partial charge is 0.257 e. The van der Waals surface area contributed by atoms with Gasteiger partial charge in [-0.2, -0.15) is 0 Å². The molecule has 1 amide bonds. The molecule has 0 radical (unpaired) electrons. The van der Waals surface area contributed by atoms with Gasteiger partial charge in [-0.05, 0) is 13.0 Å². The predicted molar refractivity (Wildman–Crippen MR) is 114 cm³/mol. The Morgan fingerprint density at radius 2 is 2.03 bits per heavy atom. The van der Waals surface area contributed by atoms with Gasteiger partial charge in [0.2, 0.25) is 5.43 Å². The molecule has 0 saturated carbocycles. The van der Waals surface area contributed by atoms with Gasteiger partial charge in [-0.1, -0.05) is 6.07 Å². The number of hydrogen-bond donors (Lipinski definition) is 3. The maximum Gasteiger partial charge on any atom is 0.257 e. The Kier molecular flexibility index (Phi) is 6.61. The van der Waals surface area contributed by atoms with Crippen molar-refractivity contribution >= 4 is 19.1 Å². The Hall–Kier alpha value is -2.88. The van der Waals surface area contributed by atoms with E-state index in [1.165, 1.54) is 18.6 Å². The zero-order chi connectivity index (χ0) is 24.7. The molecule has 3 N–H and O–H groups in total. The molecule has 9 nitrogen and oxygen atoms in total. The number of pyridine rings is 1. The molecule has 0 spiro atoms. The third kappa shape index (κ3) is 4.75. The second-order valence-electron chi connectivity index (χ2n) is 8.32. The number of nitrogens with one attached hydrogen (secondary N) is 1. The van der Waals surface area contributed by atoms with Crippen LogP contribution in [0.3, 0.4) is 0 Å². The minimum Gasteiger partial charge on any atom is -0.503 e. The minimum absolute atomic E-state index is 0.0228. The molecular formula is C21H23F2N2O7P. The van der Waals surface area contributed by atoms with E-state index >= 15 is 0 Å². The average Bonchev–Trinajstić information content (AvgIpc) is 2.71. The number of nitrogens with zero attached hydrogens (tertiary/aromatic N) is 1. The number of Topliss-reactive ketones (excluding diaryl/α,β-unsaturated/α-hetero) is 1. The first-order valence-electron chi connectivity index (χ1n) is 9.84. The zero-order valence-electron chi connectivity index (χ0n) is 18.1. The first kappa shape index (κ1) is 24.8. The lowest BCUT2D eigenvalue weighted by Gasteiger charge is -2.41. The van der Waals surface area contributed by atoms with Crippen molar-refractivity contribution in [2.24, 2.45) is 5.41 Å². The van der Waals surface area contributed by atoms with Crippen LogP contribution in [0.25, 0.3) is 0 Å². The summed E-state index contributed by atoms with van der Waals surface area (Å²) in [6, 6.07) is 2.80. The maximum atomic E-state index is 13.8. The van der Waals surface area contributed by atoms with E-state index in [2.05, 4.69) is 5.32 Å². The number of ether oxygens (including phenoxy) is 1. The van der Waals surface area contributed by atoms with E-state index in [0.29, 0.717) is 6.07 Å². The van der Waals surface area contributed by atoms with Crippen molar-refractivity contribution in [3.63, 3.8) is 0 Å². The molecule has 3 atom stereocenters. The van der Waals surface area contributed by atoms with Crippen molar-refractivity contribution in [2.45, 2.75) is 26.1 Å². The molecule has 2 heterocycles. The number of carbonyl (C=O) groups excluding carboxylic acids is 2. The van der Waals surface area contributed by atoms with Gasteiger partial charge in [0.15, 0.2) is 18.9 Å². The molecule has 0 aliphatic carbocycles. The molecule has 2 aromatic rings. The number of amides is 1. The SMILES string of the molecule is COC1Cn2cc(C(=O)NCc3ccc(F)cc3F)c(=O)c(O)c2C(=O)C1(C)CP(C)(=O)O. The predicted octanol–water partition coefficient (Wildman–Crippen LogP) is 1.88. The number of halogens is 2.